The highest BCUT2D eigenvalue weighted by atomic mass is 32.1. The summed E-state index contributed by atoms with van der Waals surface area (Å²) in [6.45, 7) is 3.19. The molecule has 0 radical (unpaired) electrons. The van der Waals surface area contributed by atoms with Crippen molar-refractivity contribution in [2.45, 2.75) is 25.3 Å². The van der Waals surface area contributed by atoms with Gasteiger partial charge in [0.15, 0.2) is 0 Å². The van der Waals surface area contributed by atoms with Crippen LogP contribution in [0.2, 0.25) is 0 Å². The first-order valence-corrected chi connectivity index (χ1v) is 9.84. The Kier molecular flexibility index (Phi) is 5.04. The molecule has 0 saturated carbocycles. The summed E-state index contributed by atoms with van der Waals surface area (Å²) in [5.74, 6) is 2.68. The minimum absolute atomic E-state index is 0.580. The summed E-state index contributed by atoms with van der Waals surface area (Å²) in [6, 6.07) is 8.07. The molecule has 1 aliphatic heterocycles. The van der Waals surface area contributed by atoms with Crippen LogP contribution in [0.4, 0.5) is 0 Å². The average molecular weight is 369 g/mol. The maximum absolute atomic E-state index is 5.46. The van der Waals surface area contributed by atoms with Gasteiger partial charge in [-0.25, -0.2) is 9.97 Å². The van der Waals surface area contributed by atoms with Crippen LogP contribution < -0.4 is 4.74 Å². The van der Waals surface area contributed by atoms with Crippen LogP contribution >= 0.6 is 11.3 Å². The molecule has 0 unspecified atom stereocenters. The number of aryl methyl sites for hydroxylation is 1. The Bertz CT molecular complexity index is 864. The summed E-state index contributed by atoms with van der Waals surface area (Å²) in [6.07, 6.45) is 8.29. The van der Waals surface area contributed by atoms with E-state index in [4.69, 9.17) is 4.74 Å². The van der Waals surface area contributed by atoms with Crippen LogP contribution in [0.15, 0.2) is 42.9 Å². The Morgan fingerprint density at radius 3 is 2.73 bits per heavy atom. The van der Waals surface area contributed by atoms with Crippen LogP contribution in [0, 0.1) is 0 Å². The number of thiazole rings is 1. The smallest absolute Gasteiger partial charge is 0.129 e. The third-order valence-corrected chi connectivity index (χ3v) is 6.10. The highest BCUT2D eigenvalue weighted by Crippen LogP contribution is 2.34. The van der Waals surface area contributed by atoms with Crippen molar-refractivity contribution >= 4 is 11.3 Å². The van der Waals surface area contributed by atoms with Gasteiger partial charge in [0.25, 0.3) is 0 Å². The number of piperidine rings is 1. The third-order valence-electron chi connectivity index (χ3n) is 5.08. The summed E-state index contributed by atoms with van der Waals surface area (Å²) in [7, 11) is 3.80. The topological polar surface area (TPSA) is 43.2 Å². The van der Waals surface area contributed by atoms with Gasteiger partial charge in [-0.3, -0.25) is 4.90 Å². The Morgan fingerprint density at radius 1 is 1.19 bits per heavy atom. The van der Waals surface area contributed by atoms with Gasteiger partial charge in [0.05, 0.1) is 12.7 Å². The zero-order chi connectivity index (χ0) is 17.9. The molecule has 3 heterocycles. The quantitative estimate of drug-likeness (QED) is 0.684. The number of likely N-dealkylation sites (tertiary alicyclic amines) is 1. The molecule has 6 heteroatoms. The predicted octanol–water partition coefficient (Wildman–Crippen LogP) is 3.93. The molecule has 5 nitrogen and oxygen atoms in total. The minimum atomic E-state index is 0.580. The Hall–Kier alpha value is -2.18. The fourth-order valence-electron chi connectivity index (χ4n) is 3.67. The largest absolute Gasteiger partial charge is 0.496 e. The molecule has 0 atom stereocenters. The van der Waals surface area contributed by atoms with Crippen molar-refractivity contribution in [1.29, 1.82) is 0 Å². The van der Waals surface area contributed by atoms with Crippen LogP contribution in [0.1, 0.15) is 29.5 Å². The zero-order valence-corrected chi connectivity index (χ0v) is 16.1. The van der Waals surface area contributed by atoms with E-state index in [-0.39, 0.29) is 0 Å². The van der Waals surface area contributed by atoms with Crippen molar-refractivity contribution in [3.05, 3.63) is 53.6 Å². The van der Waals surface area contributed by atoms with Gasteiger partial charge < -0.3 is 9.30 Å². The second-order valence-corrected chi connectivity index (χ2v) is 7.89. The van der Waals surface area contributed by atoms with Crippen molar-refractivity contribution in [3.63, 3.8) is 0 Å². The van der Waals surface area contributed by atoms with Gasteiger partial charge in [-0.2, -0.15) is 0 Å². The second-order valence-electron chi connectivity index (χ2n) is 6.78. The summed E-state index contributed by atoms with van der Waals surface area (Å²) in [5, 5.41) is 1.03. The standard InChI is InChI=1S/C20H24N4OS/c1-23-12-9-21-19(23)15-7-10-24(11-8-15)14-16-13-22-20(26-16)17-5-3-4-6-18(17)25-2/h3-6,9,12-13,15H,7-8,10-11,14H2,1-2H3. The molecule has 1 aliphatic rings. The van der Waals surface area contributed by atoms with Crippen LogP contribution in [-0.2, 0) is 13.6 Å². The Morgan fingerprint density at radius 2 is 2.00 bits per heavy atom. The van der Waals surface area contributed by atoms with Crippen molar-refractivity contribution in [1.82, 2.24) is 19.4 Å². The fraction of sp³-hybridized carbons (Fsp3) is 0.400. The van der Waals surface area contributed by atoms with Crippen LogP contribution in [0.5, 0.6) is 5.75 Å². The lowest BCUT2D eigenvalue weighted by Gasteiger charge is -2.31. The number of hydrogen-bond acceptors (Lipinski definition) is 5. The van der Waals surface area contributed by atoms with Gasteiger partial charge in [0.2, 0.25) is 0 Å². The minimum Gasteiger partial charge on any atom is -0.496 e. The number of ether oxygens (including phenoxy) is 1. The summed E-state index contributed by atoms with van der Waals surface area (Å²) in [4.78, 5) is 13.0. The number of para-hydroxylation sites is 1. The maximum atomic E-state index is 5.46. The van der Waals surface area contributed by atoms with Crippen molar-refractivity contribution < 1.29 is 4.74 Å². The predicted molar refractivity (Wildman–Crippen MR) is 105 cm³/mol. The van der Waals surface area contributed by atoms with Gasteiger partial charge in [-0.15, -0.1) is 11.3 Å². The van der Waals surface area contributed by atoms with E-state index in [1.54, 1.807) is 18.4 Å². The molecule has 0 aliphatic carbocycles. The maximum Gasteiger partial charge on any atom is 0.129 e. The molecule has 3 aromatic rings. The molecule has 26 heavy (non-hydrogen) atoms. The summed E-state index contributed by atoms with van der Waals surface area (Å²) < 4.78 is 7.62. The molecular weight excluding hydrogens is 344 g/mol. The molecule has 136 valence electrons. The third kappa shape index (κ3) is 3.52. The van der Waals surface area contributed by atoms with E-state index in [2.05, 4.69) is 32.5 Å². The fourth-order valence-corrected chi connectivity index (χ4v) is 4.65. The van der Waals surface area contributed by atoms with E-state index in [1.807, 2.05) is 36.8 Å². The summed E-state index contributed by atoms with van der Waals surface area (Å²) >= 11 is 1.76. The van der Waals surface area contributed by atoms with E-state index in [0.717, 1.165) is 36.0 Å². The Labute approximate surface area is 158 Å². The molecule has 0 spiro atoms. The van der Waals surface area contributed by atoms with E-state index < -0.39 is 0 Å². The molecule has 0 bridgehead atoms. The monoisotopic (exact) mass is 368 g/mol. The van der Waals surface area contributed by atoms with Crippen molar-refractivity contribution in [2.24, 2.45) is 7.05 Å². The highest BCUT2D eigenvalue weighted by Gasteiger charge is 2.23. The van der Waals surface area contributed by atoms with Crippen LogP contribution in [0.3, 0.4) is 0 Å². The van der Waals surface area contributed by atoms with E-state index in [9.17, 15) is 0 Å². The number of benzene rings is 1. The zero-order valence-electron chi connectivity index (χ0n) is 15.3. The molecular formula is C20H24N4OS. The normalized spacial score (nSPS) is 16.1. The van der Waals surface area contributed by atoms with Crippen molar-refractivity contribution in [2.75, 3.05) is 20.2 Å². The van der Waals surface area contributed by atoms with Gasteiger partial charge >= 0.3 is 0 Å². The first-order valence-electron chi connectivity index (χ1n) is 9.02. The number of methoxy groups -OCH3 is 1. The molecule has 2 aromatic heterocycles. The van der Waals surface area contributed by atoms with Gasteiger partial charge in [-0.05, 0) is 38.1 Å². The van der Waals surface area contributed by atoms with Gasteiger partial charge in [0, 0.05) is 43.0 Å². The SMILES string of the molecule is COc1ccccc1-c1ncc(CN2CCC(c3nccn3C)CC2)s1. The van der Waals surface area contributed by atoms with Gasteiger partial charge in [0.1, 0.15) is 16.6 Å². The highest BCUT2D eigenvalue weighted by molar-refractivity contribution is 7.15. The van der Waals surface area contributed by atoms with E-state index in [1.165, 1.54) is 23.5 Å². The lowest BCUT2D eigenvalue weighted by atomic mass is 9.96. The molecule has 4 rings (SSSR count). The van der Waals surface area contributed by atoms with Crippen LogP contribution in [0.25, 0.3) is 10.6 Å². The molecule has 1 fully saturated rings. The lowest BCUT2D eigenvalue weighted by molar-refractivity contribution is 0.202. The number of hydrogen-bond donors (Lipinski definition) is 0. The molecule has 1 aromatic carbocycles. The average Bonchev–Trinajstić information content (AvgIpc) is 3.31. The van der Waals surface area contributed by atoms with Crippen molar-refractivity contribution in [3.8, 4) is 16.3 Å². The van der Waals surface area contributed by atoms with Crippen LogP contribution in [-0.4, -0.2) is 39.6 Å². The lowest BCUT2D eigenvalue weighted by Crippen LogP contribution is -2.32. The number of rotatable bonds is 5. The molecule has 0 N–H and O–H groups in total. The summed E-state index contributed by atoms with van der Waals surface area (Å²) in [5.41, 5.74) is 1.07. The van der Waals surface area contributed by atoms with E-state index >= 15 is 0 Å². The number of nitrogens with zero attached hydrogens (tertiary/aromatic N) is 4. The Balaban J connectivity index is 1.39. The van der Waals surface area contributed by atoms with E-state index in [0.29, 0.717) is 5.92 Å². The molecule has 0 amide bonds. The van der Waals surface area contributed by atoms with Gasteiger partial charge in [-0.1, -0.05) is 12.1 Å². The number of imidazole rings is 1. The first kappa shape index (κ1) is 17.2. The molecule has 1 saturated heterocycles. The number of aromatic nitrogens is 3. The first-order chi connectivity index (χ1) is 12.7. The second kappa shape index (κ2) is 7.60.